The van der Waals surface area contributed by atoms with Crippen LogP contribution < -0.4 is 10.6 Å². The van der Waals surface area contributed by atoms with Gasteiger partial charge in [0.05, 0.1) is 0 Å². The lowest BCUT2D eigenvalue weighted by molar-refractivity contribution is 0.187. The van der Waals surface area contributed by atoms with Gasteiger partial charge in [0, 0.05) is 32.7 Å². The van der Waals surface area contributed by atoms with Crippen molar-refractivity contribution in [3.63, 3.8) is 0 Å². The average molecular weight is 380 g/mol. The first kappa shape index (κ1) is 17.0. The molecule has 0 amide bonds. The van der Waals surface area contributed by atoms with E-state index in [1.165, 1.54) is 32.4 Å². The topological polar surface area (TPSA) is 39.7 Å². The van der Waals surface area contributed by atoms with Crippen molar-refractivity contribution in [1.82, 2.24) is 15.5 Å². The van der Waals surface area contributed by atoms with Gasteiger partial charge in [0.25, 0.3) is 0 Å². The number of hydrogen-bond donors (Lipinski definition) is 2. The zero-order valence-electron chi connectivity index (χ0n) is 12.5. The van der Waals surface area contributed by atoms with Crippen LogP contribution in [0.1, 0.15) is 33.1 Å². The van der Waals surface area contributed by atoms with E-state index in [0.717, 1.165) is 30.9 Å². The summed E-state index contributed by atoms with van der Waals surface area (Å²) in [6.45, 7) is 9.28. The van der Waals surface area contributed by atoms with Gasteiger partial charge >= 0.3 is 0 Å². The lowest BCUT2D eigenvalue weighted by Gasteiger charge is -2.30. The molecule has 4 nitrogen and oxygen atoms in total. The minimum absolute atomic E-state index is 0. The van der Waals surface area contributed by atoms with Gasteiger partial charge in [-0.1, -0.05) is 13.8 Å². The second-order valence-electron chi connectivity index (χ2n) is 6.01. The van der Waals surface area contributed by atoms with E-state index in [-0.39, 0.29) is 24.0 Å². The van der Waals surface area contributed by atoms with Crippen molar-refractivity contribution in [2.24, 2.45) is 16.8 Å². The number of halogens is 1. The molecule has 0 radical (unpaired) electrons. The van der Waals surface area contributed by atoms with Crippen LogP contribution in [0.2, 0.25) is 0 Å². The summed E-state index contributed by atoms with van der Waals surface area (Å²) in [6.07, 6.45) is 4.03. The van der Waals surface area contributed by atoms with Crippen molar-refractivity contribution in [3.05, 3.63) is 0 Å². The summed E-state index contributed by atoms with van der Waals surface area (Å²) < 4.78 is 0. The van der Waals surface area contributed by atoms with Gasteiger partial charge in [-0.05, 0) is 37.6 Å². The van der Waals surface area contributed by atoms with E-state index in [1.54, 1.807) is 0 Å². The highest BCUT2D eigenvalue weighted by Crippen LogP contribution is 2.28. The second kappa shape index (κ2) is 8.29. The zero-order chi connectivity index (χ0) is 13.0. The smallest absolute Gasteiger partial charge is 0.191 e. The van der Waals surface area contributed by atoms with Crippen LogP contribution in [0, 0.1) is 11.8 Å². The molecule has 3 unspecified atom stereocenters. The van der Waals surface area contributed by atoms with E-state index in [0.29, 0.717) is 6.04 Å². The quantitative estimate of drug-likeness (QED) is 0.445. The molecule has 1 aliphatic heterocycles. The van der Waals surface area contributed by atoms with Gasteiger partial charge < -0.3 is 15.5 Å². The van der Waals surface area contributed by atoms with Crippen molar-refractivity contribution in [3.8, 4) is 0 Å². The molecular weight excluding hydrogens is 351 g/mol. The fourth-order valence-electron chi connectivity index (χ4n) is 2.72. The van der Waals surface area contributed by atoms with Crippen LogP contribution in [-0.4, -0.2) is 50.1 Å². The number of aliphatic imine (C=N–C) groups is 1. The molecule has 0 bridgehead atoms. The molecule has 0 spiro atoms. The minimum Gasteiger partial charge on any atom is -0.355 e. The first-order chi connectivity index (χ1) is 8.69. The van der Waals surface area contributed by atoms with Crippen LogP contribution in [0.5, 0.6) is 0 Å². The molecule has 1 heterocycles. The summed E-state index contributed by atoms with van der Waals surface area (Å²) in [6, 6.07) is 0.645. The maximum atomic E-state index is 4.28. The van der Waals surface area contributed by atoms with Crippen LogP contribution in [0.3, 0.4) is 0 Å². The molecule has 3 atom stereocenters. The molecule has 2 fully saturated rings. The van der Waals surface area contributed by atoms with E-state index in [2.05, 4.69) is 34.4 Å². The third-order valence-corrected chi connectivity index (χ3v) is 4.12. The maximum absolute atomic E-state index is 4.28. The number of piperidine rings is 1. The molecule has 0 aromatic rings. The summed E-state index contributed by atoms with van der Waals surface area (Å²) in [5.74, 6) is 2.64. The summed E-state index contributed by atoms with van der Waals surface area (Å²) in [4.78, 5) is 6.84. The second-order valence-corrected chi connectivity index (χ2v) is 6.01. The van der Waals surface area contributed by atoms with Crippen LogP contribution in [0.4, 0.5) is 0 Å². The number of likely N-dealkylation sites (tertiary alicyclic amines) is 1. The van der Waals surface area contributed by atoms with Crippen molar-refractivity contribution in [1.29, 1.82) is 0 Å². The Morgan fingerprint density at radius 3 is 2.68 bits per heavy atom. The van der Waals surface area contributed by atoms with Crippen molar-refractivity contribution in [2.75, 3.05) is 33.2 Å². The number of rotatable bonds is 4. The van der Waals surface area contributed by atoms with Gasteiger partial charge in [0.2, 0.25) is 0 Å². The molecule has 1 aliphatic carbocycles. The Kier molecular flexibility index (Phi) is 7.42. The molecule has 2 aliphatic rings. The Morgan fingerprint density at radius 2 is 2.11 bits per heavy atom. The number of nitrogens with zero attached hydrogens (tertiary/aromatic N) is 2. The lowest BCUT2D eigenvalue weighted by atomic mass is 10.0. The van der Waals surface area contributed by atoms with Gasteiger partial charge in [0.1, 0.15) is 0 Å². The minimum atomic E-state index is 0. The predicted octanol–water partition coefficient (Wildman–Crippen LogP) is 1.91. The molecular formula is C14H29IN4. The Bertz CT molecular complexity index is 295. The molecule has 0 aromatic heterocycles. The third kappa shape index (κ3) is 5.85. The van der Waals surface area contributed by atoms with Crippen molar-refractivity contribution in [2.45, 2.75) is 39.2 Å². The molecule has 112 valence electrons. The highest BCUT2D eigenvalue weighted by Gasteiger charge is 2.33. The maximum Gasteiger partial charge on any atom is 0.191 e. The van der Waals surface area contributed by atoms with Crippen LogP contribution >= 0.6 is 24.0 Å². The largest absolute Gasteiger partial charge is 0.355 e. The first-order valence-corrected chi connectivity index (χ1v) is 7.38. The van der Waals surface area contributed by atoms with E-state index >= 15 is 0 Å². The van der Waals surface area contributed by atoms with Crippen molar-refractivity contribution < 1.29 is 0 Å². The Balaban J connectivity index is 0.00000180. The van der Waals surface area contributed by atoms with Gasteiger partial charge in [-0.15, -0.1) is 24.0 Å². The van der Waals surface area contributed by atoms with E-state index in [9.17, 15) is 0 Å². The predicted molar refractivity (Wildman–Crippen MR) is 92.3 cm³/mol. The van der Waals surface area contributed by atoms with Gasteiger partial charge in [0.15, 0.2) is 5.96 Å². The van der Waals surface area contributed by atoms with Crippen LogP contribution in [0.15, 0.2) is 4.99 Å². The van der Waals surface area contributed by atoms with E-state index in [4.69, 9.17) is 0 Å². The molecule has 19 heavy (non-hydrogen) atoms. The third-order valence-electron chi connectivity index (χ3n) is 4.12. The Morgan fingerprint density at radius 1 is 1.37 bits per heavy atom. The van der Waals surface area contributed by atoms with Crippen LogP contribution in [-0.2, 0) is 0 Å². The summed E-state index contributed by atoms with van der Waals surface area (Å²) >= 11 is 0. The fraction of sp³-hybridized carbons (Fsp3) is 0.929. The SMILES string of the molecule is CN=C(NCCN1CCCC(C)C1)NC1CC1C.I. The Labute approximate surface area is 134 Å². The normalized spacial score (nSPS) is 31.5. The number of hydrogen-bond acceptors (Lipinski definition) is 2. The van der Waals surface area contributed by atoms with Gasteiger partial charge in [-0.25, -0.2) is 0 Å². The number of guanidine groups is 1. The van der Waals surface area contributed by atoms with Gasteiger partial charge in [-0.2, -0.15) is 0 Å². The molecule has 0 aromatic carbocycles. The molecule has 2 rings (SSSR count). The standard InChI is InChI=1S/C14H28N4.HI/c1-11-5-4-7-18(10-11)8-6-16-14(15-3)17-13-9-12(13)2;/h11-13H,4-10H2,1-3H3,(H2,15,16,17);1H. The molecule has 5 heteroatoms. The molecule has 2 N–H and O–H groups in total. The molecule has 1 saturated heterocycles. The van der Waals surface area contributed by atoms with Crippen molar-refractivity contribution >= 4 is 29.9 Å². The van der Waals surface area contributed by atoms with Crippen LogP contribution in [0.25, 0.3) is 0 Å². The summed E-state index contributed by atoms with van der Waals surface area (Å²) in [5, 5.41) is 6.88. The zero-order valence-corrected chi connectivity index (χ0v) is 14.8. The van der Waals surface area contributed by atoms with E-state index < -0.39 is 0 Å². The summed E-state index contributed by atoms with van der Waals surface area (Å²) in [5.41, 5.74) is 0. The summed E-state index contributed by atoms with van der Waals surface area (Å²) in [7, 11) is 1.85. The van der Waals surface area contributed by atoms with Gasteiger partial charge in [-0.3, -0.25) is 4.99 Å². The number of nitrogens with one attached hydrogen (secondary N) is 2. The Hall–Kier alpha value is -0.0400. The van der Waals surface area contributed by atoms with E-state index in [1.807, 2.05) is 7.05 Å². The highest BCUT2D eigenvalue weighted by molar-refractivity contribution is 14.0. The molecule has 1 saturated carbocycles. The first-order valence-electron chi connectivity index (χ1n) is 7.38. The monoisotopic (exact) mass is 380 g/mol. The fourth-order valence-corrected chi connectivity index (χ4v) is 2.72. The highest BCUT2D eigenvalue weighted by atomic mass is 127. The average Bonchev–Trinajstić information content (AvgIpc) is 3.04. The lowest BCUT2D eigenvalue weighted by Crippen LogP contribution is -2.44.